The molecule has 0 aromatic heterocycles. The maximum Gasteiger partial charge on any atom is 0.0116 e. The molecule has 0 atom stereocenters. The molecule has 0 aliphatic heterocycles. The Kier molecular flexibility index (Phi) is 16.2. The number of benzene rings is 1. The van der Waals surface area contributed by atoms with E-state index in [1.165, 1.54) is 101 Å². The van der Waals surface area contributed by atoms with Crippen molar-refractivity contribution in [3.05, 3.63) is 41.8 Å². The number of allylic oxidation sites excluding steroid dienone is 1. The fourth-order valence-corrected chi connectivity index (χ4v) is 3.85. The Hall–Kier alpha value is -0.690. The molecule has 0 spiro atoms. The van der Waals surface area contributed by atoms with Crippen LogP contribution >= 0.6 is 11.8 Å². The van der Waals surface area contributed by atoms with Crippen LogP contribution in [0.1, 0.15) is 103 Å². The molecule has 0 amide bonds. The van der Waals surface area contributed by atoms with Gasteiger partial charge in [0, 0.05) is 4.90 Å². The minimum absolute atomic E-state index is 1.23. The first-order chi connectivity index (χ1) is 12.4. The van der Waals surface area contributed by atoms with Crippen molar-refractivity contribution in [1.29, 1.82) is 0 Å². The molecule has 0 N–H and O–H groups in total. The van der Waals surface area contributed by atoms with Crippen molar-refractivity contribution in [3.63, 3.8) is 0 Å². The Labute approximate surface area is 161 Å². The van der Waals surface area contributed by atoms with Crippen LogP contribution in [-0.4, -0.2) is 0 Å². The molecule has 0 radical (unpaired) electrons. The largest absolute Gasteiger partial charge is 0.0984 e. The predicted molar refractivity (Wildman–Crippen MR) is 116 cm³/mol. The van der Waals surface area contributed by atoms with Crippen molar-refractivity contribution in [2.75, 3.05) is 0 Å². The molecule has 1 aromatic carbocycles. The summed E-state index contributed by atoms with van der Waals surface area (Å²) in [7, 11) is 0. The van der Waals surface area contributed by atoms with Gasteiger partial charge in [-0.2, -0.15) is 0 Å². The van der Waals surface area contributed by atoms with Gasteiger partial charge in [0.05, 0.1) is 0 Å². The summed E-state index contributed by atoms with van der Waals surface area (Å²) in [5.74, 6) is 0. The third-order valence-corrected chi connectivity index (χ3v) is 5.64. The van der Waals surface area contributed by atoms with Gasteiger partial charge in [0.25, 0.3) is 0 Å². The first-order valence-electron chi connectivity index (χ1n) is 10.8. The third-order valence-electron chi connectivity index (χ3n) is 4.77. The molecular weight excluding hydrogens is 320 g/mol. The molecule has 0 aliphatic carbocycles. The summed E-state index contributed by atoms with van der Waals surface area (Å²) in [4.78, 5) is 1.33. The van der Waals surface area contributed by atoms with Crippen molar-refractivity contribution in [3.8, 4) is 0 Å². The zero-order chi connectivity index (χ0) is 17.8. The predicted octanol–water partition coefficient (Wildman–Crippen LogP) is 9.16. The molecule has 0 fully saturated rings. The molecule has 0 unspecified atom stereocenters. The molecule has 1 rings (SSSR count). The van der Waals surface area contributed by atoms with Gasteiger partial charge in [-0.15, -0.1) is 0 Å². The van der Waals surface area contributed by atoms with Crippen molar-refractivity contribution < 1.29 is 0 Å². The van der Waals surface area contributed by atoms with E-state index < -0.39 is 0 Å². The summed E-state index contributed by atoms with van der Waals surface area (Å²) in [5, 5.41) is 2.25. The lowest BCUT2D eigenvalue weighted by Crippen LogP contribution is -1.83. The molecule has 0 heterocycles. The maximum atomic E-state index is 2.33. The second-order valence-electron chi connectivity index (χ2n) is 7.19. The molecule has 1 aromatic rings. The Balaban J connectivity index is 1.74. The highest BCUT2D eigenvalue weighted by Gasteiger charge is 1.94. The van der Waals surface area contributed by atoms with E-state index in [-0.39, 0.29) is 0 Å². The molecule has 0 aliphatic rings. The van der Waals surface area contributed by atoms with E-state index in [0.29, 0.717) is 0 Å². The summed E-state index contributed by atoms with van der Waals surface area (Å²) >= 11 is 1.83. The molecule has 1 heteroatoms. The number of thioether (sulfide) groups is 1. The molecule has 0 saturated heterocycles. The van der Waals surface area contributed by atoms with Gasteiger partial charge in [-0.25, -0.2) is 0 Å². The number of unbranched alkanes of at least 4 members (excludes halogenated alkanes) is 14. The SMILES string of the molecule is CCCCCCCCCCCCCCCC/C=C/Sc1ccccc1. The molecule has 25 heavy (non-hydrogen) atoms. The van der Waals surface area contributed by atoms with Gasteiger partial charge < -0.3 is 0 Å². The summed E-state index contributed by atoms with van der Waals surface area (Å²) in [6.07, 6.45) is 23.7. The van der Waals surface area contributed by atoms with Crippen LogP contribution in [-0.2, 0) is 0 Å². The van der Waals surface area contributed by atoms with E-state index in [4.69, 9.17) is 0 Å². The standard InChI is InChI=1S/C24H40S/c1-2-3-4-5-6-7-8-9-10-11-12-13-14-15-16-20-23-25-24-21-18-17-19-22-24/h17-23H,2-16H2,1H3/b23-20+. The summed E-state index contributed by atoms with van der Waals surface area (Å²) < 4.78 is 0. The zero-order valence-electron chi connectivity index (χ0n) is 16.6. The van der Waals surface area contributed by atoms with E-state index in [0.717, 1.165) is 0 Å². The number of hydrogen-bond acceptors (Lipinski definition) is 1. The average Bonchev–Trinajstić information content (AvgIpc) is 2.65. The smallest absolute Gasteiger partial charge is 0.0116 e. The van der Waals surface area contributed by atoms with Gasteiger partial charge in [-0.1, -0.05) is 126 Å². The fourth-order valence-electron chi connectivity index (χ4n) is 3.15. The quantitative estimate of drug-likeness (QED) is 0.197. The van der Waals surface area contributed by atoms with Crippen LogP contribution in [0, 0.1) is 0 Å². The summed E-state index contributed by atoms with van der Waals surface area (Å²) in [6, 6.07) is 10.6. The Bertz CT molecular complexity index is 396. The maximum absolute atomic E-state index is 2.33. The fraction of sp³-hybridized carbons (Fsp3) is 0.667. The van der Waals surface area contributed by atoms with Crippen molar-refractivity contribution in [2.24, 2.45) is 0 Å². The van der Waals surface area contributed by atoms with E-state index in [1.54, 1.807) is 0 Å². The van der Waals surface area contributed by atoms with Gasteiger partial charge >= 0.3 is 0 Å². The highest BCUT2D eigenvalue weighted by Crippen LogP contribution is 2.19. The van der Waals surface area contributed by atoms with Gasteiger partial charge in [0.15, 0.2) is 0 Å². The Morgan fingerprint density at radius 1 is 0.640 bits per heavy atom. The van der Waals surface area contributed by atoms with Crippen LogP contribution < -0.4 is 0 Å². The topological polar surface area (TPSA) is 0 Å². The third kappa shape index (κ3) is 15.3. The van der Waals surface area contributed by atoms with Crippen LogP contribution in [0.5, 0.6) is 0 Å². The van der Waals surface area contributed by atoms with E-state index in [9.17, 15) is 0 Å². The molecule has 142 valence electrons. The first-order valence-corrected chi connectivity index (χ1v) is 11.7. The summed E-state index contributed by atoms with van der Waals surface area (Å²) in [5.41, 5.74) is 0. The van der Waals surface area contributed by atoms with Crippen molar-refractivity contribution in [1.82, 2.24) is 0 Å². The highest BCUT2D eigenvalue weighted by molar-refractivity contribution is 8.02. The van der Waals surface area contributed by atoms with Crippen LogP contribution in [0.4, 0.5) is 0 Å². The normalized spacial score (nSPS) is 11.4. The second kappa shape index (κ2) is 18.1. The highest BCUT2D eigenvalue weighted by atomic mass is 32.2. The van der Waals surface area contributed by atoms with Gasteiger partial charge in [-0.3, -0.25) is 0 Å². The molecule has 0 nitrogen and oxygen atoms in total. The number of hydrogen-bond donors (Lipinski definition) is 0. The second-order valence-corrected chi connectivity index (χ2v) is 8.17. The summed E-state index contributed by atoms with van der Waals surface area (Å²) in [6.45, 7) is 2.29. The molecule has 0 bridgehead atoms. The zero-order valence-corrected chi connectivity index (χ0v) is 17.4. The van der Waals surface area contributed by atoms with Gasteiger partial charge in [0.1, 0.15) is 0 Å². The van der Waals surface area contributed by atoms with Gasteiger partial charge in [-0.05, 0) is 30.4 Å². The van der Waals surface area contributed by atoms with E-state index in [1.807, 2.05) is 11.8 Å². The van der Waals surface area contributed by atoms with E-state index in [2.05, 4.69) is 48.7 Å². The van der Waals surface area contributed by atoms with Crippen molar-refractivity contribution in [2.45, 2.75) is 108 Å². The van der Waals surface area contributed by atoms with Crippen LogP contribution in [0.3, 0.4) is 0 Å². The molecular formula is C24H40S. The Morgan fingerprint density at radius 3 is 1.64 bits per heavy atom. The monoisotopic (exact) mass is 360 g/mol. The number of rotatable bonds is 17. The Morgan fingerprint density at radius 2 is 1.12 bits per heavy atom. The van der Waals surface area contributed by atoms with Crippen LogP contribution in [0.15, 0.2) is 46.7 Å². The van der Waals surface area contributed by atoms with Crippen LogP contribution in [0.25, 0.3) is 0 Å². The average molecular weight is 361 g/mol. The van der Waals surface area contributed by atoms with E-state index >= 15 is 0 Å². The lowest BCUT2D eigenvalue weighted by atomic mass is 10.0. The lowest BCUT2D eigenvalue weighted by Gasteiger charge is -2.02. The van der Waals surface area contributed by atoms with Crippen molar-refractivity contribution >= 4 is 11.8 Å². The minimum atomic E-state index is 1.23. The van der Waals surface area contributed by atoms with Gasteiger partial charge in [0.2, 0.25) is 0 Å². The molecule has 0 saturated carbocycles. The first kappa shape index (κ1) is 22.4. The minimum Gasteiger partial charge on any atom is -0.0984 e. The lowest BCUT2D eigenvalue weighted by molar-refractivity contribution is 0.536. The van der Waals surface area contributed by atoms with Crippen LogP contribution in [0.2, 0.25) is 0 Å².